The second-order valence-corrected chi connectivity index (χ2v) is 12.1. The summed E-state index contributed by atoms with van der Waals surface area (Å²) >= 11 is 0. The van der Waals surface area contributed by atoms with Crippen LogP contribution in [0.5, 0.6) is 28.7 Å². The van der Waals surface area contributed by atoms with Crippen LogP contribution in [0.15, 0.2) is 38.7 Å². The molecule has 1 aliphatic carbocycles. The number of hydrogen-bond donors (Lipinski definition) is 5. The molecule has 0 radical (unpaired) electrons. The largest absolute Gasteiger partial charge is 0.507 e. The quantitative estimate of drug-likeness (QED) is 0.184. The standard InChI is InChI=1S/C33H30O17/c1-10-23(36)15(44-3)9-18(46-10)48-30-22-25(38)20-13(34)8-14(43-2)24(37)21(20)27(40)29(22)50-33(30)17(35)7-12-5-11-6-16(31(41)45-4)47-32(42)19(11)26(39)28(12)49-33/h5-6,8,10,15,17-18,23,30,34-37,39H,7,9H2,1-4H3/t10?,15?,17-,18?,23?,30-,33-/m1/s1. The highest BCUT2D eigenvalue weighted by Crippen LogP contribution is 2.54. The summed E-state index contributed by atoms with van der Waals surface area (Å²) in [5, 5.41) is 55.0. The zero-order valence-electron chi connectivity index (χ0n) is 26.7. The van der Waals surface area contributed by atoms with E-state index in [-0.39, 0.29) is 23.1 Å². The third-order valence-electron chi connectivity index (χ3n) is 9.33. The van der Waals surface area contributed by atoms with Gasteiger partial charge in [-0.15, -0.1) is 0 Å². The Morgan fingerprint density at radius 2 is 1.70 bits per heavy atom. The highest BCUT2D eigenvalue weighted by Gasteiger charge is 2.65. The van der Waals surface area contributed by atoms with Crippen LogP contribution < -0.4 is 15.1 Å². The van der Waals surface area contributed by atoms with Crippen molar-refractivity contribution >= 4 is 28.3 Å². The average Bonchev–Trinajstić information content (AvgIpc) is 3.40. The van der Waals surface area contributed by atoms with Gasteiger partial charge >= 0.3 is 17.4 Å². The van der Waals surface area contributed by atoms with Crippen LogP contribution in [0.1, 0.15) is 50.2 Å². The molecule has 3 aromatic rings. The molecule has 5 N–H and O–H groups in total. The van der Waals surface area contributed by atoms with Gasteiger partial charge in [0, 0.05) is 31.6 Å². The molecule has 7 atom stereocenters. The summed E-state index contributed by atoms with van der Waals surface area (Å²) in [5.74, 6) is -9.83. The first kappa shape index (κ1) is 33.3. The topological polar surface area (TPSA) is 247 Å². The molecule has 4 unspecified atom stereocenters. The minimum absolute atomic E-state index is 0.0386. The van der Waals surface area contributed by atoms with Crippen LogP contribution in [0.2, 0.25) is 0 Å². The van der Waals surface area contributed by atoms with Crippen molar-refractivity contribution in [3.05, 3.63) is 62.4 Å². The first-order valence-electron chi connectivity index (χ1n) is 15.2. The Labute approximate surface area is 280 Å². The van der Waals surface area contributed by atoms with Crippen LogP contribution in [0.4, 0.5) is 0 Å². The second kappa shape index (κ2) is 11.7. The van der Waals surface area contributed by atoms with Crippen molar-refractivity contribution in [1.29, 1.82) is 0 Å². The number of phenols is 3. The van der Waals surface area contributed by atoms with Gasteiger partial charge in [-0.2, -0.15) is 0 Å². The highest BCUT2D eigenvalue weighted by molar-refractivity contribution is 6.29. The fraction of sp³-hybridized carbons (Fsp3) is 0.394. The molecular weight excluding hydrogens is 668 g/mol. The van der Waals surface area contributed by atoms with Crippen molar-refractivity contribution in [2.45, 2.75) is 62.4 Å². The number of aliphatic hydroxyl groups excluding tert-OH is 2. The van der Waals surface area contributed by atoms with E-state index in [4.69, 9.17) is 32.8 Å². The zero-order valence-corrected chi connectivity index (χ0v) is 26.7. The molecule has 264 valence electrons. The number of ketones is 2. The van der Waals surface area contributed by atoms with Gasteiger partial charge in [0.2, 0.25) is 11.5 Å². The zero-order chi connectivity index (χ0) is 36.0. The van der Waals surface area contributed by atoms with E-state index in [0.29, 0.717) is 0 Å². The van der Waals surface area contributed by atoms with Crippen LogP contribution >= 0.6 is 0 Å². The lowest BCUT2D eigenvalue weighted by atomic mass is 9.82. The van der Waals surface area contributed by atoms with E-state index in [0.717, 1.165) is 26.4 Å². The number of esters is 1. The predicted molar refractivity (Wildman–Crippen MR) is 162 cm³/mol. The van der Waals surface area contributed by atoms with Gasteiger partial charge in [-0.3, -0.25) is 9.59 Å². The predicted octanol–water partition coefficient (Wildman–Crippen LogP) is 0.957. The minimum atomic E-state index is -2.54. The van der Waals surface area contributed by atoms with E-state index in [2.05, 4.69) is 4.74 Å². The van der Waals surface area contributed by atoms with Gasteiger partial charge in [0.1, 0.15) is 23.3 Å². The molecule has 0 bridgehead atoms. The number of allylic oxidation sites excluding steroid dienone is 1. The normalized spacial score (nSPS) is 28.5. The molecule has 1 fully saturated rings. The molecule has 17 nitrogen and oxygen atoms in total. The Bertz CT molecular complexity index is 2080. The molecule has 0 saturated carbocycles. The molecule has 50 heavy (non-hydrogen) atoms. The van der Waals surface area contributed by atoms with E-state index in [1.165, 1.54) is 13.2 Å². The minimum Gasteiger partial charge on any atom is -0.507 e. The Morgan fingerprint density at radius 1 is 0.960 bits per heavy atom. The maximum absolute atomic E-state index is 14.2. The molecule has 17 heteroatoms. The average molecular weight is 699 g/mol. The van der Waals surface area contributed by atoms with Crippen molar-refractivity contribution in [2.24, 2.45) is 0 Å². The number of hydrogen-bond acceptors (Lipinski definition) is 17. The fourth-order valence-electron chi connectivity index (χ4n) is 6.85. The van der Waals surface area contributed by atoms with Gasteiger partial charge in [-0.25, -0.2) is 9.59 Å². The molecule has 4 heterocycles. The van der Waals surface area contributed by atoms with Gasteiger partial charge in [0.05, 0.1) is 43.1 Å². The van der Waals surface area contributed by atoms with Crippen molar-refractivity contribution in [1.82, 2.24) is 0 Å². The smallest absolute Gasteiger partial charge is 0.374 e. The van der Waals surface area contributed by atoms with E-state index in [9.17, 15) is 44.7 Å². The molecule has 2 aromatic carbocycles. The third-order valence-corrected chi connectivity index (χ3v) is 9.33. The summed E-state index contributed by atoms with van der Waals surface area (Å²) in [6.45, 7) is 1.54. The number of aliphatic hydroxyl groups is 2. The van der Waals surface area contributed by atoms with Crippen molar-refractivity contribution in [2.75, 3.05) is 21.3 Å². The van der Waals surface area contributed by atoms with E-state index in [1.54, 1.807) is 6.92 Å². The first-order chi connectivity index (χ1) is 23.8. The number of phenolic OH excluding ortho intramolecular Hbond substituents is 3. The molecule has 1 spiro atoms. The second-order valence-electron chi connectivity index (χ2n) is 12.1. The number of carbonyl (C=O) groups excluding carboxylic acids is 3. The Balaban J connectivity index is 1.39. The maximum Gasteiger partial charge on any atom is 0.374 e. The van der Waals surface area contributed by atoms with Crippen molar-refractivity contribution in [3.8, 4) is 28.7 Å². The lowest BCUT2D eigenvalue weighted by molar-refractivity contribution is -0.311. The van der Waals surface area contributed by atoms with Gasteiger partial charge in [-0.1, -0.05) is 0 Å². The van der Waals surface area contributed by atoms with Crippen LogP contribution in [0, 0.1) is 0 Å². The molecule has 1 saturated heterocycles. The summed E-state index contributed by atoms with van der Waals surface area (Å²) in [6.07, 6.45) is -8.13. The summed E-state index contributed by atoms with van der Waals surface area (Å²) < 4.78 is 44.4. The van der Waals surface area contributed by atoms with Gasteiger partial charge in [-0.05, 0) is 24.4 Å². The number of carbonyl (C=O) groups is 3. The first-order valence-corrected chi connectivity index (χ1v) is 15.2. The van der Waals surface area contributed by atoms with Crippen LogP contribution in [0.25, 0.3) is 10.8 Å². The van der Waals surface area contributed by atoms with Crippen LogP contribution in [-0.2, 0) is 30.1 Å². The number of Topliss-reactive ketones (excluding diaryl/α,β-unsaturated/α-hetero) is 2. The highest BCUT2D eigenvalue weighted by atomic mass is 16.8. The molecule has 4 aliphatic rings. The Kier molecular flexibility index (Phi) is 7.80. The fourth-order valence-corrected chi connectivity index (χ4v) is 6.85. The molecule has 0 amide bonds. The number of rotatable bonds is 5. The van der Waals surface area contributed by atoms with E-state index in [1.807, 2.05) is 0 Å². The molecule has 3 aliphatic heterocycles. The summed E-state index contributed by atoms with van der Waals surface area (Å²) in [7, 11) is 3.60. The Hall–Kier alpha value is -5.20. The summed E-state index contributed by atoms with van der Waals surface area (Å²) in [5.41, 5.74) is -2.80. The maximum atomic E-state index is 14.2. The number of aromatic hydroxyl groups is 3. The summed E-state index contributed by atoms with van der Waals surface area (Å²) in [4.78, 5) is 53.3. The van der Waals surface area contributed by atoms with Gasteiger partial charge in [0.15, 0.2) is 46.9 Å². The lowest BCUT2D eigenvalue weighted by Crippen LogP contribution is -2.61. The van der Waals surface area contributed by atoms with Crippen LogP contribution in [-0.4, -0.2) is 107 Å². The molecule has 1 aromatic heterocycles. The number of methoxy groups -OCH3 is 3. The SMILES string of the molecule is COC(=O)c1cc2cc3c(c(O)c2c(=O)o1)O[C@@]1(OC2=C(C(=O)c4c(O)cc(OC)c(O)c4C2=O)[C@H]1OC1CC(OC)C(O)C(C)O1)[C@H](O)C3. The van der Waals surface area contributed by atoms with Gasteiger partial charge in [0.25, 0.3) is 0 Å². The Morgan fingerprint density at radius 3 is 2.38 bits per heavy atom. The van der Waals surface area contributed by atoms with Crippen LogP contribution in [0.3, 0.4) is 0 Å². The number of ether oxygens (including phenoxy) is 7. The van der Waals surface area contributed by atoms with E-state index < -0.39 is 129 Å². The number of fused-ring (bicyclic) bond motifs is 3. The summed E-state index contributed by atoms with van der Waals surface area (Å²) in [6, 6.07) is 3.44. The number of benzene rings is 2. The molecular formula is C33H30O17. The van der Waals surface area contributed by atoms with Gasteiger partial charge < -0.3 is 63.1 Å². The lowest BCUT2D eigenvalue weighted by Gasteiger charge is -2.44. The van der Waals surface area contributed by atoms with Crippen molar-refractivity contribution in [3.63, 3.8) is 0 Å². The monoisotopic (exact) mass is 698 g/mol. The van der Waals surface area contributed by atoms with Crippen molar-refractivity contribution < 1.29 is 77.5 Å². The third kappa shape index (κ3) is 4.65. The van der Waals surface area contributed by atoms with E-state index >= 15 is 0 Å². The molecule has 7 rings (SSSR count).